The van der Waals surface area contributed by atoms with Gasteiger partial charge in [-0.3, -0.25) is 10.1 Å². The molecule has 0 bridgehead atoms. The number of hydrogen-bond donors (Lipinski definition) is 0. The van der Waals surface area contributed by atoms with Crippen LogP contribution in [0.4, 0.5) is 5.69 Å². The van der Waals surface area contributed by atoms with E-state index in [1.807, 2.05) is 0 Å². The van der Waals surface area contributed by atoms with Gasteiger partial charge in [0.2, 0.25) is 0 Å². The first kappa shape index (κ1) is 14.0. The molecule has 2 rings (SSSR count). The van der Waals surface area contributed by atoms with Crippen molar-refractivity contribution < 1.29 is 24.0 Å². The molecule has 0 amide bonds. The largest absolute Gasteiger partial charge is 0.465 e. The van der Waals surface area contributed by atoms with E-state index in [2.05, 4.69) is 4.74 Å². The molecule has 1 aliphatic rings. The Morgan fingerprint density at radius 2 is 2.00 bits per heavy atom. The van der Waals surface area contributed by atoms with E-state index >= 15 is 0 Å². The number of methoxy groups -OCH3 is 1. The van der Waals surface area contributed by atoms with Crippen molar-refractivity contribution in [1.82, 2.24) is 0 Å². The number of nitro groups is 1. The maximum Gasteiger partial charge on any atom is 0.344 e. The van der Waals surface area contributed by atoms with Crippen LogP contribution in [0, 0.1) is 10.1 Å². The van der Waals surface area contributed by atoms with E-state index in [-0.39, 0.29) is 17.2 Å². The number of benzene rings is 1. The van der Waals surface area contributed by atoms with Gasteiger partial charge in [-0.05, 0) is 31.4 Å². The van der Waals surface area contributed by atoms with E-state index in [0.29, 0.717) is 0 Å². The molecule has 1 aromatic rings. The zero-order valence-electron chi connectivity index (χ0n) is 10.8. The summed E-state index contributed by atoms with van der Waals surface area (Å²) >= 11 is 0. The minimum Gasteiger partial charge on any atom is -0.465 e. The molecule has 1 saturated carbocycles. The Hall–Kier alpha value is -2.44. The van der Waals surface area contributed by atoms with Crippen molar-refractivity contribution in [1.29, 1.82) is 0 Å². The number of nitrogens with zero attached hydrogens (tertiary/aromatic N) is 1. The normalized spacial score (nSPS) is 14.2. The van der Waals surface area contributed by atoms with Crippen LogP contribution < -0.4 is 0 Å². The number of nitro benzene ring substituents is 1. The summed E-state index contributed by atoms with van der Waals surface area (Å²) in [7, 11) is 1.12. The molecule has 1 aliphatic carbocycles. The van der Waals surface area contributed by atoms with Crippen molar-refractivity contribution in [2.75, 3.05) is 7.11 Å². The molecule has 0 N–H and O–H groups in total. The van der Waals surface area contributed by atoms with Crippen LogP contribution in [0.3, 0.4) is 0 Å². The summed E-state index contributed by atoms with van der Waals surface area (Å²) in [6.45, 7) is 0. The monoisotopic (exact) mass is 279 g/mol. The molecule has 1 aromatic carbocycles. The molecule has 1 fully saturated rings. The second-order valence-electron chi connectivity index (χ2n) is 4.44. The Balaban J connectivity index is 2.28. The quantitative estimate of drug-likeness (QED) is 0.475. The molecule has 0 unspecified atom stereocenters. The first-order valence-corrected chi connectivity index (χ1v) is 6.10. The van der Waals surface area contributed by atoms with Crippen LogP contribution in [-0.2, 0) is 9.47 Å². The van der Waals surface area contributed by atoms with Gasteiger partial charge in [0, 0.05) is 6.07 Å². The molecule has 0 heterocycles. The summed E-state index contributed by atoms with van der Waals surface area (Å²) in [4.78, 5) is 33.5. The van der Waals surface area contributed by atoms with Crippen LogP contribution in [0.1, 0.15) is 40.0 Å². The van der Waals surface area contributed by atoms with Crippen molar-refractivity contribution in [3.63, 3.8) is 0 Å². The molecular formula is C13H13NO6. The van der Waals surface area contributed by atoms with E-state index in [4.69, 9.17) is 4.74 Å². The van der Waals surface area contributed by atoms with Crippen LogP contribution >= 0.6 is 0 Å². The Labute approximate surface area is 114 Å². The Morgan fingerprint density at radius 1 is 1.30 bits per heavy atom. The SMILES string of the molecule is COC(=O)c1cc(C(=O)OC2CCC2)ccc1[N+](=O)[O-]. The number of hydrogen-bond acceptors (Lipinski definition) is 6. The molecule has 0 radical (unpaired) electrons. The van der Waals surface area contributed by atoms with Gasteiger partial charge in [-0.1, -0.05) is 0 Å². The number of carbonyl (C=O) groups excluding carboxylic acids is 2. The lowest BCUT2D eigenvalue weighted by molar-refractivity contribution is -0.385. The third-order valence-corrected chi connectivity index (χ3v) is 3.16. The lowest BCUT2D eigenvalue weighted by atomic mass is 9.96. The molecule has 20 heavy (non-hydrogen) atoms. The maximum atomic E-state index is 11.8. The lowest BCUT2D eigenvalue weighted by Crippen LogP contribution is -2.25. The maximum absolute atomic E-state index is 11.8. The second-order valence-corrected chi connectivity index (χ2v) is 4.44. The summed E-state index contributed by atoms with van der Waals surface area (Å²) in [6.07, 6.45) is 2.57. The van der Waals surface area contributed by atoms with E-state index in [1.54, 1.807) is 0 Å². The molecule has 106 valence electrons. The molecule has 0 aliphatic heterocycles. The smallest absolute Gasteiger partial charge is 0.344 e. The van der Waals surface area contributed by atoms with Gasteiger partial charge >= 0.3 is 11.9 Å². The third kappa shape index (κ3) is 2.76. The van der Waals surface area contributed by atoms with Gasteiger partial charge in [0.25, 0.3) is 5.69 Å². The molecule has 7 heteroatoms. The molecule has 0 saturated heterocycles. The zero-order chi connectivity index (χ0) is 14.7. The number of ether oxygens (including phenoxy) is 2. The third-order valence-electron chi connectivity index (χ3n) is 3.16. The summed E-state index contributed by atoms with van der Waals surface area (Å²) in [5, 5.41) is 10.8. The van der Waals surface area contributed by atoms with E-state index < -0.39 is 22.5 Å². The first-order chi connectivity index (χ1) is 9.52. The summed E-state index contributed by atoms with van der Waals surface area (Å²) in [6, 6.07) is 3.50. The van der Waals surface area contributed by atoms with Crippen molar-refractivity contribution >= 4 is 17.6 Å². The van der Waals surface area contributed by atoms with Gasteiger partial charge in [-0.25, -0.2) is 9.59 Å². The van der Waals surface area contributed by atoms with Crippen LogP contribution in [0.5, 0.6) is 0 Å². The highest BCUT2D eigenvalue weighted by atomic mass is 16.6. The fourth-order valence-corrected chi connectivity index (χ4v) is 1.80. The van der Waals surface area contributed by atoms with Gasteiger partial charge < -0.3 is 9.47 Å². The van der Waals surface area contributed by atoms with Crippen LogP contribution in [0.2, 0.25) is 0 Å². The topological polar surface area (TPSA) is 95.7 Å². The number of rotatable bonds is 4. The predicted molar refractivity (Wildman–Crippen MR) is 67.5 cm³/mol. The van der Waals surface area contributed by atoms with Crippen LogP contribution in [0.25, 0.3) is 0 Å². The van der Waals surface area contributed by atoms with Gasteiger partial charge in [-0.2, -0.15) is 0 Å². The molecular weight excluding hydrogens is 266 g/mol. The number of esters is 2. The molecule has 0 spiro atoms. The van der Waals surface area contributed by atoms with Crippen molar-refractivity contribution in [3.05, 3.63) is 39.4 Å². The minimum absolute atomic E-state index is 0.0979. The van der Waals surface area contributed by atoms with E-state index in [9.17, 15) is 19.7 Å². The summed E-state index contributed by atoms with van der Waals surface area (Å²) in [5.74, 6) is -1.45. The zero-order valence-corrected chi connectivity index (χ0v) is 10.8. The van der Waals surface area contributed by atoms with Crippen LogP contribution in [0.15, 0.2) is 18.2 Å². The van der Waals surface area contributed by atoms with E-state index in [1.165, 1.54) is 6.07 Å². The average Bonchev–Trinajstić information content (AvgIpc) is 2.40. The Bertz CT molecular complexity index is 564. The minimum atomic E-state index is -0.866. The predicted octanol–water partition coefficient (Wildman–Crippen LogP) is 2.09. The van der Waals surface area contributed by atoms with Gasteiger partial charge in [0.05, 0.1) is 17.6 Å². The number of carbonyl (C=O) groups is 2. The lowest BCUT2D eigenvalue weighted by Gasteiger charge is -2.25. The van der Waals surface area contributed by atoms with Gasteiger partial charge in [0.1, 0.15) is 11.7 Å². The Morgan fingerprint density at radius 3 is 2.50 bits per heavy atom. The van der Waals surface area contributed by atoms with Crippen molar-refractivity contribution in [2.45, 2.75) is 25.4 Å². The standard InChI is InChI=1S/C13H13NO6/c1-19-13(16)10-7-8(5-6-11(10)14(17)18)12(15)20-9-3-2-4-9/h5-7,9H,2-4H2,1H3. The van der Waals surface area contributed by atoms with Gasteiger partial charge in [-0.15, -0.1) is 0 Å². The average molecular weight is 279 g/mol. The molecule has 0 aromatic heterocycles. The summed E-state index contributed by atoms with van der Waals surface area (Å²) in [5.41, 5.74) is -0.569. The molecule has 7 nitrogen and oxygen atoms in total. The first-order valence-electron chi connectivity index (χ1n) is 6.10. The second kappa shape index (κ2) is 5.68. The van der Waals surface area contributed by atoms with E-state index in [0.717, 1.165) is 38.5 Å². The highest BCUT2D eigenvalue weighted by Crippen LogP contribution is 2.25. The fraction of sp³-hybridized carbons (Fsp3) is 0.385. The van der Waals surface area contributed by atoms with Crippen molar-refractivity contribution in [2.24, 2.45) is 0 Å². The van der Waals surface area contributed by atoms with Crippen molar-refractivity contribution in [3.8, 4) is 0 Å². The van der Waals surface area contributed by atoms with Gasteiger partial charge in [0.15, 0.2) is 0 Å². The Kier molecular flexibility index (Phi) is 3.97. The summed E-state index contributed by atoms with van der Waals surface area (Å²) < 4.78 is 9.66. The van der Waals surface area contributed by atoms with Crippen LogP contribution in [-0.4, -0.2) is 30.1 Å². The molecule has 0 atom stereocenters. The highest BCUT2D eigenvalue weighted by Gasteiger charge is 2.26. The highest BCUT2D eigenvalue weighted by molar-refractivity contribution is 5.98. The fourth-order valence-electron chi connectivity index (χ4n) is 1.80.